The highest BCUT2D eigenvalue weighted by molar-refractivity contribution is 9.10. The van der Waals surface area contributed by atoms with E-state index in [9.17, 15) is 5.11 Å². The van der Waals surface area contributed by atoms with Crippen molar-refractivity contribution in [1.29, 1.82) is 0 Å². The number of benzene rings is 2. The van der Waals surface area contributed by atoms with E-state index in [1.54, 1.807) is 31.5 Å². The number of hydrogen-bond donors (Lipinski definition) is 2. The summed E-state index contributed by atoms with van der Waals surface area (Å²) < 4.78 is 8.14. The number of aromatic hydroxyl groups is 1. The van der Waals surface area contributed by atoms with Crippen molar-refractivity contribution >= 4 is 44.7 Å². The summed E-state index contributed by atoms with van der Waals surface area (Å²) in [6.45, 7) is 0. The first kappa shape index (κ1) is 17.7. The number of rotatable bonds is 4. The zero-order valence-corrected chi connectivity index (χ0v) is 16.6. The number of anilines is 2. The number of pyridine rings is 1. The van der Waals surface area contributed by atoms with E-state index in [0.29, 0.717) is 33.5 Å². The van der Waals surface area contributed by atoms with Crippen LogP contribution in [0.1, 0.15) is 0 Å². The first-order chi connectivity index (χ1) is 13.1. The van der Waals surface area contributed by atoms with Gasteiger partial charge in [-0.15, -0.1) is 0 Å². The molecule has 0 aliphatic rings. The predicted molar refractivity (Wildman–Crippen MR) is 111 cm³/mol. The third-order valence-electron chi connectivity index (χ3n) is 4.16. The van der Waals surface area contributed by atoms with Crippen LogP contribution in [0.3, 0.4) is 0 Å². The molecule has 0 aliphatic heterocycles. The maximum atomic E-state index is 10.4. The van der Waals surface area contributed by atoms with Crippen molar-refractivity contribution in [2.75, 3.05) is 12.4 Å². The number of hydrogen-bond acceptors (Lipinski definition) is 4. The van der Waals surface area contributed by atoms with Gasteiger partial charge in [0.15, 0.2) is 0 Å². The minimum Gasteiger partial charge on any atom is -0.507 e. The number of phenols is 1. The summed E-state index contributed by atoms with van der Waals surface area (Å²) in [6, 6.07) is 16.4. The Morgan fingerprint density at radius 3 is 2.78 bits per heavy atom. The maximum Gasteiger partial charge on any atom is 0.143 e. The monoisotopic (exact) mass is 443 g/mol. The van der Waals surface area contributed by atoms with Crippen LogP contribution < -0.4 is 10.1 Å². The van der Waals surface area contributed by atoms with Gasteiger partial charge in [-0.1, -0.05) is 39.7 Å². The molecule has 0 aliphatic carbocycles. The topological polar surface area (TPSA) is 58.8 Å². The van der Waals surface area contributed by atoms with Crippen LogP contribution in [0.15, 0.2) is 65.3 Å². The van der Waals surface area contributed by atoms with Gasteiger partial charge in [0.05, 0.1) is 17.8 Å². The number of ether oxygens (including phenoxy) is 1. The summed E-state index contributed by atoms with van der Waals surface area (Å²) in [5.41, 5.74) is 2.67. The van der Waals surface area contributed by atoms with E-state index < -0.39 is 0 Å². The van der Waals surface area contributed by atoms with Crippen molar-refractivity contribution < 1.29 is 9.84 Å². The Morgan fingerprint density at radius 1 is 1.15 bits per heavy atom. The van der Waals surface area contributed by atoms with Gasteiger partial charge >= 0.3 is 0 Å². The van der Waals surface area contributed by atoms with Gasteiger partial charge < -0.3 is 15.2 Å². The van der Waals surface area contributed by atoms with E-state index in [1.807, 2.05) is 40.8 Å². The van der Waals surface area contributed by atoms with Gasteiger partial charge in [0.25, 0.3) is 0 Å². The molecule has 0 atom stereocenters. The van der Waals surface area contributed by atoms with Crippen molar-refractivity contribution in [2.45, 2.75) is 0 Å². The lowest BCUT2D eigenvalue weighted by atomic mass is 10.1. The number of imidazole rings is 1. The Kier molecular flexibility index (Phi) is 4.68. The number of nitrogens with zero attached hydrogens (tertiary/aromatic N) is 2. The summed E-state index contributed by atoms with van der Waals surface area (Å²) in [5.74, 6) is 1.50. The van der Waals surface area contributed by atoms with E-state index >= 15 is 0 Å². The first-order valence-electron chi connectivity index (χ1n) is 8.13. The van der Waals surface area contributed by atoms with Crippen molar-refractivity contribution in [1.82, 2.24) is 9.38 Å². The molecule has 7 heteroatoms. The van der Waals surface area contributed by atoms with Crippen molar-refractivity contribution in [2.24, 2.45) is 0 Å². The number of nitrogens with one attached hydrogen (secondary N) is 1. The second-order valence-electron chi connectivity index (χ2n) is 5.87. The number of phenolic OH excluding ortho intramolecular Hbond substituents is 1. The summed E-state index contributed by atoms with van der Waals surface area (Å²) in [4.78, 5) is 4.70. The molecule has 4 aromatic rings. The standard InChI is InChI=1S/C20H15BrClN3O2/c1-27-17-5-3-2-4-15(17)23-20-19(14-10-12(21)6-8-16(14)26)24-18-9-7-13(22)11-25(18)20/h2-11,23,26H,1H3. The Morgan fingerprint density at radius 2 is 1.96 bits per heavy atom. The minimum absolute atomic E-state index is 0.135. The first-order valence-corrected chi connectivity index (χ1v) is 9.30. The predicted octanol–water partition coefficient (Wildman–Crippen LogP) is 5.88. The van der Waals surface area contributed by atoms with Crippen LogP contribution in [0.2, 0.25) is 5.02 Å². The molecule has 2 N–H and O–H groups in total. The van der Waals surface area contributed by atoms with E-state index in [-0.39, 0.29) is 5.75 Å². The quantitative estimate of drug-likeness (QED) is 0.413. The molecule has 27 heavy (non-hydrogen) atoms. The third-order valence-corrected chi connectivity index (χ3v) is 4.87. The average molecular weight is 445 g/mol. The van der Waals surface area contributed by atoms with E-state index in [1.165, 1.54) is 0 Å². The lowest BCUT2D eigenvalue weighted by Gasteiger charge is -2.13. The summed E-state index contributed by atoms with van der Waals surface area (Å²) in [7, 11) is 1.62. The number of aromatic nitrogens is 2. The van der Waals surface area contributed by atoms with Gasteiger partial charge in [0, 0.05) is 16.2 Å². The molecule has 5 nitrogen and oxygen atoms in total. The summed E-state index contributed by atoms with van der Waals surface area (Å²) in [6.07, 6.45) is 1.78. The van der Waals surface area contributed by atoms with E-state index in [0.717, 1.165) is 10.2 Å². The molecular formula is C20H15BrClN3O2. The van der Waals surface area contributed by atoms with Gasteiger partial charge in [0.2, 0.25) is 0 Å². The highest BCUT2D eigenvalue weighted by Crippen LogP contribution is 2.39. The van der Waals surface area contributed by atoms with Gasteiger partial charge in [-0.05, 0) is 42.5 Å². The van der Waals surface area contributed by atoms with Gasteiger partial charge in [-0.25, -0.2) is 4.98 Å². The molecule has 2 heterocycles. The largest absolute Gasteiger partial charge is 0.507 e. The normalized spacial score (nSPS) is 10.9. The maximum absolute atomic E-state index is 10.4. The molecule has 0 amide bonds. The molecule has 2 aromatic heterocycles. The van der Waals surface area contributed by atoms with Crippen LogP contribution in [-0.4, -0.2) is 21.6 Å². The number of para-hydroxylation sites is 2. The highest BCUT2D eigenvalue weighted by Gasteiger charge is 2.19. The molecule has 0 radical (unpaired) electrons. The minimum atomic E-state index is 0.135. The van der Waals surface area contributed by atoms with Gasteiger partial charge in [-0.3, -0.25) is 4.40 Å². The second-order valence-corrected chi connectivity index (χ2v) is 7.22. The fraction of sp³-hybridized carbons (Fsp3) is 0.0500. The molecule has 2 aromatic carbocycles. The van der Waals surface area contributed by atoms with Crippen LogP contribution in [0, 0.1) is 0 Å². The van der Waals surface area contributed by atoms with Crippen LogP contribution in [0.5, 0.6) is 11.5 Å². The van der Waals surface area contributed by atoms with E-state index in [2.05, 4.69) is 21.2 Å². The second kappa shape index (κ2) is 7.13. The van der Waals surface area contributed by atoms with E-state index in [4.69, 9.17) is 21.3 Å². The lowest BCUT2D eigenvalue weighted by molar-refractivity contribution is 0.417. The summed E-state index contributed by atoms with van der Waals surface area (Å²) >= 11 is 9.66. The smallest absolute Gasteiger partial charge is 0.143 e. The van der Waals surface area contributed by atoms with Crippen LogP contribution in [-0.2, 0) is 0 Å². The fourth-order valence-electron chi connectivity index (χ4n) is 2.90. The van der Waals surface area contributed by atoms with Crippen molar-refractivity contribution in [3.63, 3.8) is 0 Å². The molecule has 4 rings (SSSR count). The Bertz CT molecular complexity index is 1140. The van der Waals surface area contributed by atoms with Gasteiger partial charge in [0.1, 0.15) is 28.7 Å². The molecule has 0 unspecified atom stereocenters. The SMILES string of the molecule is COc1ccccc1Nc1c(-c2cc(Br)ccc2O)nc2ccc(Cl)cn12. The molecule has 0 bridgehead atoms. The third kappa shape index (κ3) is 3.34. The number of halogens is 2. The fourth-order valence-corrected chi connectivity index (χ4v) is 3.42. The summed E-state index contributed by atoms with van der Waals surface area (Å²) in [5, 5.41) is 14.4. The Hall–Kier alpha value is -2.70. The molecule has 0 fully saturated rings. The van der Waals surface area contributed by atoms with Crippen LogP contribution >= 0.6 is 27.5 Å². The average Bonchev–Trinajstić information content (AvgIpc) is 3.01. The van der Waals surface area contributed by atoms with Gasteiger partial charge in [-0.2, -0.15) is 0 Å². The van der Waals surface area contributed by atoms with Crippen LogP contribution in [0.25, 0.3) is 16.9 Å². The highest BCUT2D eigenvalue weighted by atomic mass is 79.9. The molecule has 0 spiro atoms. The van der Waals surface area contributed by atoms with Crippen LogP contribution in [0.4, 0.5) is 11.5 Å². The van der Waals surface area contributed by atoms with Crippen molar-refractivity contribution in [3.8, 4) is 22.8 Å². The molecule has 136 valence electrons. The molecule has 0 saturated heterocycles. The number of methoxy groups -OCH3 is 1. The van der Waals surface area contributed by atoms with Crippen molar-refractivity contribution in [3.05, 3.63) is 70.3 Å². The zero-order chi connectivity index (χ0) is 19.0. The zero-order valence-electron chi connectivity index (χ0n) is 14.3. The molecular weight excluding hydrogens is 430 g/mol. The lowest BCUT2D eigenvalue weighted by Crippen LogP contribution is -1.99. The molecule has 0 saturated carbocycles. The Balaban J connectivity index is 1.96. The number of fused-ring (bicyclic) bond motifs is 1. The Labute approximate surface area is 169 Å².